The number of pyridine rings is 1. The third-order valence-corrected chi connectivity index (χ3v) is 10.5. The first kappa shape index (κ1) is 41.2. The maximum atomic E-state index is 12.6. The highest BCUT2D eigenvalue weighted by Crippen LogP contribution is 2.19. The number of para-hydroxylation sites is 4. The molecule has 0 radical (unpaired) electrons. The van der Waals surface area contributed by atoms with Crippen molar-refractivity contribution in [2.45, 2.75) is 19.6 Å². The molecule has 0 aliphatic carbocycles. The van der Waals surface area contributed by atoms with Gasteiger partial charge in [-0.1, -0.05) is 90.5 Å². The Hall–Kier alpha value is -7.00. The van der Waals surface area contributed by atoms with Crippen molar-refractivity contribution in [3.8, 4) is 5.75 Å². The Morgan fingerprint density at radius 3 is 1.52 bits per heavy atom. The first-order valence-corrected chi connectivity index (χ1v) is 19.7. The summed E-state index contributed by atoms with van der Waals surface area (Å²) in [5, 5.41) is 2.37. The predicted molar refractivity (Wildman–Crippen MR) is 242 cm³/mol. The molecule has 0 saturated heterocycles. The summed E-state index contributed by atoms with van der Waals surface area (Å²) in [7, 11) is 1.61. The van der Waals surface area contributed by atoms with Gasteiger partial charge in [-0.3, -0.25) is 33.1 Å². The summed E-state index contributed by atoms with van der Waals surface area (Å²) in [4.78, 5) is 62.3. The molecule has 0 spiro atoms. The fourth-order valence-corrected chi connectivity index (χ4v) is 7.19. The summed E-state index contributed by atoms with van der Waals surface area (Å²) in [5.74, 6) is 0.743. The number of aromatic nitrogens is 7. The van der Waals surface area contributed by atoms with Crippen LogP contribution in [-0.4, -0.2) is 40.7 Å². The molecule has 0 amide bonds. The normalized spacial score (nSPS) is 10.8. The van der Waals surface area contributed by atoms with Gasteiger partial charge in [-0.05, 0) is 90.7 Å². The average molecular weight is 854 g/mol. The van der Waals surface area contributed by atoms with E-state index >= 15 is 0 Å². The van der Waals surface area contributed by atoms with Gasteiger partial charge in [0.2, 0.25) is 0 Å². The molecule has 0 fully saturated rings. The third kappa shape index (κ3) is 9.16. The number of H-pyrrole nitrogens is 3. The number of benzene rings is 5. The van der Waals surface area contributed by atoms with Crippen molar-refractivity contribution in [1.29, 1.82) is 0 Å². The number of nitrogens with zero attached hydrogens (tertiary/aromatic N) is 4. The summed E-state index contributed by atoms with van der Waals surface area (Å²) in [6.45, 7) is 0.904. The van der Waals surface area contributed by atoms with Gasteiger partial charge in [0.15, 0.2) is 9.54 Å². The summed E-state index contributed by atoms with van der Waals surface area (Å²) in [5.41, 5.74) is 3.58. The van der Waals surface area contributed by atoms with Gasteiger partial charge in [0.25, 0.3) is 16.7 Å². The highest BCUT2D eigenvalue weighted by molar-refractivity contribution is 7.71. The van der Waals surface area contributed by atoms with Crippen molar-refractivity contribution in [2.24, 2.45) is 0 Å². The van der Waals surface area contributed by atoms with E-state index in [1.165, 1.54) is 4.57 Å². The van der Waals surface area contributed by atoms with Gasteiger partial charge >= 0.3 is 5.69 Å². The zero-order chi connectivity index (χ0) is 42.2. The fourth-order valence-electron chi connectivity index (χ4n) is 6.48. The third-order valence-electron chi connectivity index (χ3n) is 9.52. The topological polar surface area (TPSA) is 153 Å². The molecule has 0 aliphatic heterocycles. The predicted octanol–water partition coefficient (Wildman–Crippen LogP) is 8.01. The number of nitrogens with one attached hydrogen (secondary N) is 3. The first-order valence-electron chi connectivity index (χ1n) is 18.5. The lowest BCUT2D eigenvalue weighted by atomic mass is 10.2. The number of fused-ring (bicyclic) bond motifs is 3. The number of hydrogen-bond donors (Lipinski definition) is 3. The van der Waals surface area contributed by atoms with Crippen LogP contribution in [0.2, 0.25) is 5.02 Å². The van der Waals surface area contributed by atoms with Crippen LogP contribution in [0.15, 0.2) is 165 Å². The largest absolute Gasteiger partial charge is 0.496 e. The second-order valence-corrected chi connectivity index (χ2v) is 14.5. The lowest BCUT2D eigenvalue weighted by molar-refractivity contribution is 0.408. The van der Waals surface area contributed by atoms with Crippen molar-refractivity contribution in [3.63, 3.8) is 0 Å². The fraction of sp³-hybridized carbons (Fsp3) is 0.0889. The highest BCUT2D eigenvalue weighted by atomic mass is 35.5. The molecule has 9 rings (SSSR count). The Balaban J connectivity index is 0.000000136. The van der Waals surface area contributed by atoms with E-state index < -0.39 is 5.69 Å². The lowest BCUT2D eigenvalue weighted by Crippen LogP contribution is -2.35. The maximum Gasteiger partial charge on any atom is 0.329 e. The molecule has 3 N–H and O–H groups in total. The minimum Gasteiger partial charge on any atom is -0.496 e. The molecule has 0 bridgehead atoms. The van der Waals surface area contributed by atoms with Gasteiger partial charge in [0, 0.05) is 16.8 Å². The molecule has 60 heavy (non-hydrogen) atoms. The van der Waals surface area contributed by atoms with E-state index in [1.54, 1.807) is 72.5 Å². The number of aromatic amines is 3. The number of halogens is 1. The van der Waals surface area contributed by atoms with Gasteiger partial charge in [0.1, 0.15) is 5.75 Å². The quantitative estimate of drug-likeness (QED) is 0.136. The molecule has 0 saturated carbocycles. The SMILES string of the molecule is COc1ccccc1Cn1c(=S)[nH]c2ccccc2c1=O.O=c1[nH]c2ccccc2c(=O)n1Cc1ccccn1.O=c1c2ccccc2[nH]c(=S)n1Cc1ccccc1Cl. The van der Waals surface area contributed by atoms with Crippen LogP contribution in [0.4, 0.5) is 0 Å². The standard InChI is InChI=1S/C16H14N2O2S.C15H11ClN2OS.C14H11N3O2/c1-20-14-9-5-2-6-11(14)10-18-15(19)12-7-3-4-8-13(12)17-16(18)21;16-12-7-3-1-5-10(12)9-18-14(19)11-6-2-4-8-13(11)17-15(18)20;18-13-11-6-1-2-7-12(11)16-14(19)17(13)9-10-5-3-4-8-15-10/h2-9H,10H2,1H3,(H,17,21);1-8H,9H2,(H,17,20);1-8H,9H2,(H,16,19). The minimum absolute atomic E-state index is 0.0970. The van der Waals surface area contributed by atoms with Crippen LogP contribution in [0.1, 0.15) is 16.8 Å². The number of ether oxygens (including phenoxy) is 1. The van der Waals surface area contributed by atoms with E-state index in [0.717, 1.165) is 32.5 Å². The molecule has 12 nitrogen and oxygen atoms in total. The first-order chi connectivity index (χ1) is 29.1. The van der Waals surface area contributed by atoms with Crippen LogP contribution in [0, 0.1) is 9.54 Å². The van der Waals surface area contributed by atoms with Crippen LogP contribution in [0.5, 0.6) is 5.75 Å². The maximum absolute atomic E-state index is 12.6. The van der Waals surface area contributed by atoms with Gasteiger partial charge in [0.05, 0.1) is 65.1 Å². The summed E-state index contributed by atoms with van der Waals surface area (Å²) < 4.78 is 10.4. The molecule has 0 unspecified atom stereocenters. The molecule has 5 aromatic carbocycles. The van der Waals surface area contributed by atoms with Crippen molar-refractivity contribution in [2.75, 3.05) is 7.11 Å². The zero-order valence-corrected chi connectivity index (χ0v) is 34.4. The molecule has 15 heteroatoms. The summed E-state index contributed by atoms with van der Waals surface area (Å²) in [6.07, 6.45) is 1.63. The Morgan fingerprint density at radius 2 is 0.983 bits per heavy atom. The second kappa shape index (κ2) is 18.7. The molecule has 0 aliphatic rings. The molecule has 4 aromatic heterocycles. The number of methoxy groups -OCH3 is 1. The van der Waals surface area contributed by atoms with E-state index in [4.69, 9.17) is 40.8 Å². The van der Waals surface area contributed by atoms with E-state index in [1.807, 2.05) is 84.9 Å². The average Bonchev–Trinajstić information content (AvgIpc) is 3.27. The molecular formula is C45H36ClN7O5S2. The van der Waals surface area contributed by atoms with Crippen molar-refractivity contribution in [3.05, 3.63) is 219 Å². The molecule has 9 aromatic rings. The van der Waals surface area contributed by atoms with Gasteiger partial charge in [-0.25, -0.2) is 4.79 Å². The zero-order valence-electron chi connectivity index (χ0n) is 32.0. The van der Waals surface area contributed by atoms with E-state index in [-0.39, 0.29) is 23.2 Å². The number of rotatable bonds is 7. The van der Waals surface area contributed by atoms with Crippen LogP contribution >= 0.6 is 36.0 Å². The van der Waals surface area contributed by atoms with E-state index in [0.29, 0.717) is 55.0 Å². The van der Waals surface area contributed by atoms with Crippen LogP contribution < -0.4 is 27.1 Å². The highest BCUT2D eigenvalue weighted by Gasteiger charge is 2.11. The van der Waals surface area contributed by atoms with Crippen LogP contribution in [-0.2, 0) is 19.6 Å². The molecule has 300 valence electrons. The van der Waals surface area contributed by atoms with Crippen molar-refractivity contribution in [1.82, 2.24) is 33.6 Å². The van der Waals surface area contributed by atoms with E-state index in [9.17, 15) is 19.2 Å². The Kier molecular flexibility index (Phi) is 12.8. The summed E-state index contributed by atoms with van der Waals surface area (Å²) in [6, 6.07) is 42.1. The number of hydrogen-bond acceptors (Lipinski definition) is 8. The second-order valence-electron chi connectivity index (χ2n) is 13.3. The Labute approximate surface area is 356 Å². The van der Waals surface area contributed by atoms with Crippen molar-refractivity contribution < 1.29 is 4.74 Å². The van der Waals surface area contributed by atoms with Crippen LogP contribution in [0.25, 0.3) is 32.7 Å². The van der Waals surface area contributed by atoms with Crippen molar-refractivity contribution >= 4 is 68.7 Å². The molecule has 4 heterocycles. The minimum atomic E-state index is -0.422. The Morgan fingerprint density at radius 1 is 0.533 bits per heavy atom. The van der Waals surface area contributed by atoms with Gasteiger partial charge < -0.3 is 19.7 Å². The lowest BCUT2D eigenvalue weighted by Gasteiger charge is -2.11. The summed E-state index contributed by atoms with van der Waals surface area (Å²) >= 11 is 16.7. The monoisotopic (exact) mass is 853 g/mol. The Bertz CT molecular complexity index is 3360. The van der Waals surface area contributed by atoms with Crippen LogP contribution in [0.3, 0.4) is 0 Å². The van der Waals surface area contributed by atoms with E-state index in [2.05, 4.69) is 19.9 Å². The molecule has 0 atom stereocenters. The smallest absolute Gasteiger partial charge is 0.329 e. The van der Waals surface area contributed by atoms with Gasteiger partial charge in [-0.2, -0.15) is 0 Å². The molecular weight excluding hydrogens is 818 g/mol. The van der Waals surface area contributed by atoms with Gasteiger partial charge in [-0.15, -0.1) is 0 Å².